The van der Waals surface area contributed by atoms with Crippen LogP contribution in [0.1, 0.15) is 21.5 Å². The fourth-order valence-electron chi connectivity index (χ4n) is 2.69. The summed E-state index contributed by atoms with van der Waals surface area (Å²) in [5.74, 6) is 0.899. The SMILES string of the molecule is O=C(NCc1ccc2c(c1)CCO2)c1cccc2ncsc12. The fourth-order valence-corrected chi connectivity index (χ4v) is 3.49. The molecule has 1 amide bonds. The van der Waals surface area contributed by atoms with E-state index in [1.54, 1.807) is 5.51 Å². The van der Waals surface area contributed by atoms with Crippen molar-refractivity contribution in [1.29, 1.82) is 0 Å². The lowest BCUT2D eigenvalue weighted by Gasteiger charge is -2.07. The number of carbonyl (C=O) groups excluding carboxylic acids is 1. The first-order valence-electron chi connectivity index (χ1n) is 7.16. The minimum atomic E-state index is -0.0633. The highest BCUT2D eigenvalue weighted by Crippen LogP contribution is 2.26. The van der Waals surface area contributed by atoms with Gasteiger partial charge in [-0.1, -0.05) is 18.2 Å². The van der Waals surface area contributed by atoms with Crippen molar-refractivity contribution in [2.75, 3.05) is 6.61 Å². The summed E-state index contributed by atoms with van der Waals surface area (Å²) in [6.07, 6.45) is 0.942. The van der Waals surface area contributed by atoms with Gasteiger partial charge in [-0.15, -0.1) is 11.3 Å². The molecule has 0 fully saturated rings. The Labute approximate surface area is 131 Å². The van der Waals surface area contributed by atoms with Crippen molar-refractivity contribution in [3.8, 4) is 5.75 Å². The van der Waals surface area contributed by atoms with Crippen molar-refractivity contribution < 1.29 is 9.53 Å². The highest BCUT2D eigenvalue weighted by atomic mass is 32.1. The third kappa shape index (κ3) is 2.33. The van der Waals surface area contributed by atoms with E-state index < -0.39 is 0 Å². The molecule has 1 aliphatic rings. The van der Waals surface area contributed by atoms with E-state index in [9.17, 15) is 4.79 Å². The molecule has 0 saturated carbocycles. The van der Waals surface area contributed by atoms with Gasteiger partial charge in [0.15, 0.2) is 0 Å². The predicted molar refractivity (Wildman–Crippen MR) is 86.4 cm³/mol. The quantitative estimate of drug-likeness (QED) is 0.808. The molecule has 0 bridgehead atoms. The molecule has 110 valence electrons. The van der Waals surface area contributed by atoms with Gasteiger partial charge in [0, 0.05) is 13.0 Å². The van der Waals surface area contributed by atoms with Crippen molar-refractivity contribution in [3.05, 3.63) is 58.6 Å². The molecule has 3 aromatic rings. The Morgan fingerprint density at radius 1 is 1.32 bits per heavy atom. The van der Waals surface area contributed by atoms with Gasteiger partial charge in [0.1, 0.15) is 5.75 Å². The molecule has 0 unspecified atom stereocenters. The second-order valence-electron chi connectivity index (χ2n) is 5.23. The maximum atomic E-state index is 12.4. The number of nitrogens with one attached hydrogen (secondary N) is 1. The highest BCUT2D eigenvalue weighted by molar-refractivity contribution is 7.17. The van der Waals surface area contributed by atoms with E-state index in [0.29, 0.717) is 12.1 Å². The number of carbonyl (C=O) groups is 1. The van der Waals surface area contributed by atoms with Gasteiger partial charge in [0.05, 0.1) is 27.9 Å². The fraction of sp³-hybridized carbons (Fsp3) is 0.176. The summed E-state index contributed by atoms with van der Waals surface area (Å²) in [5, 5.41) is 2.99. The number of ether oxygens (including phenoxy) is 1. The summed E-state index contributed by atoms with van der Waals surface area (Å²) in [7, 11) is 0. The summed E-state index contributed by atoms with van der Waals surface area (Å²) in [6.45, 7) is 1.26. The molecule has 2 aromatic carbocycles. The van der Waals surface area contributed by atoms with E-state index in [-0.39, 0.29) is 5.91 Å². The van der Waals surface area contributed by atoms with Gasteiger partial charge in [0.25, 0.3) is 5.91 Å². The summed E-state index contributed by atoms with van der Waals surface area (Å²) < 4.78 is 6.43. The van der Waals surface area contributed by atoms with E-state index in [1.165, 1.54) is 16.9 Å². The van der Waals surface area contributed by atoms with Crippen molar-refractivity contribution in [2.45, 2.75) is 13.0 Å². The second kappa shape index (κ2) is 5.42. The summed E-state index contributed by atoms with van der Waals surface area (Å²) in [5.41, 5.74) is 5.63. The third-order valence-corrected chi connectivity index (χ3v) is 4.68. The first-order valence-corrected chi connectivity index (χ1v) is 8.04. The normalized spacial score (nSPS) is 12.9. The second-order valence-corrected chi connectivity index (χ2v) is 6.08. The van der Waals surface area contributed by atoms with Crippen LogP contribution in [0, 0.1) is 0 Å². The van der Waals surface area contributed by atoms with Crippen LogP contribution in [0.3, 0.4) is 0 Å². The van der Waals surface area contributed by atoms with Crippen molar-refractivity contribution in [1.82, 2.24) is 10.3 Å². The Balaban J connectivity index is 1.52. The third-order valence-electron chi connectivity index (χ3n) is 3.81. The van der Waals surface area contributed by atoms with Gasteiger partial charge in [-0.05, 0) is 29.3 Å². The molecule has 1 aliphatic heterocycles. The summed E-state index contributed by atoms with van der Waals surface area (Å²) >= 11 is 1.49. The van der Waals surface area contributed by atoms with Crippen molar-refractivity contribution >= 4 is 27.5 Å². The van der Waals surface area contributed by atoms with Gasteiger partial charge in [-0.25, -0.2) is 4.98 Å². The Hall–Kier alpha value is -2.40. The van der Waals surface area contributed by atoms with E-state index in [1.807, 2.05) is 30.3 Å². The van der Waals surface area contributed by atoms with Crippen LogP contribution in [-0.4, -0.2) is 17.5 Å². The molecule has 1 N–H and O–H groups in total. The lowest BCUT2D eigenvalue weighted by atomic mass is 10.1. The van der Waals surface area contributed by atoms with E-state index in [2.05, 4.69) is 16.4 Å². The van der Waals surface area contributed by atoms with Gasteiger partial charge in [0.2, 0.25) is 0 Å². The monoisotopic (exact) mass is 310 g/mol. The Kier molecular flexibility index (Phi) is 3.27. The number of rotatable bonds is 3. The number of thiazole rings is 1. The molecule has 0 saturated heterocycles. The molecule has 0 radical (unpaired) electrons. The van der Waals surface area contributed by atoms with Crippen LogP contribution < -0.4 is 10.1 Å². The van der Waals surface area contributed by atoms with Crippen LogP contribution in [0.2, 0.25) is 0 Å². The van der Waals surface area contributed by atoms with Crippen molar-refractivity contribution in [2.24, 2.45) is 0 Å². The van der Waals surface area contributed by atoms with Crippen LogP contribution in [0.15, 0.2) is 41.9 Å². The molecule has 4 nitrogen and oxygen atoms in total. The maximum Gasteiger partial charge on any atom is 0.253 e. The molecule has 0 aliphatic carbocycles. The zero-order valence-electron chi connectivity index (χ0n) is 11.8. The van der Waals surface area contributed by atoms with Crippen LogP contribution in [0.25, 0.3) is 10.2 Å². The number of fused-ring (bicyclic) bond motifs is 2. The average Bonchev–Trinajstić information content (AvgIpc) is 3.20. The molecular formula is C17H14N2O2S. The standard InChI is InChI=1S/C17H14N2O2S/c20-17(13-2-1-3-14-16(13)22-10-19-14)18-9-11-4-5-15-12(8-11)6-7-21-15/h1-5,8,10H,6-7,9H2,(H,18,20). The van der Waals surface area contributed by atoms with Crippen molar-refractivity contribution in [3.63, 3.8) is 0 Å². The first-order chi connectivity index (χ1) is 10.8. The Morgan fingerprint density at radius 2 is 2.27 bits per heavy atom. The number of aromatic nitrogens is 1. The largest absolute Gasteiger partial charge is 0.493 e. The van der Waals surface area contributed by atoms with Crippen LogP contribution in [0.4, 0.5) is 0 Å². The smallest absolute Gasteiger partial charge is 0.253 e. The first kappa shape index (κ1) is 13.3. The van der Waals surface area contributed by atoms with Gasteiger partial charge >= 0.3 is 0 Å². The molecule has 5 heteroatoms. The number of benzene rings is 2. The lowest BCUT2D eigenvalue weighted by Crippen LogP contribution is -2.22. The highest BCUT2D eigenvalue weighted by Gasteiger charge is 2.14. The zero-order chi connectivity index (χ0) is 14.9. The minimum Gasteiger partial charge on any atom is -0.493 e. The molecule has 0 spiro atoms. The Morgan fingerprint density at radius 3 is 3.23 bits per heavy atom. The number of hydrogen-bond donors (Lipinski definition) is 1. The van der Waals surface area contributed by atoms with E-state index >= 15 is 0 Å². The summed E-state index contributed by atoms with van der Waals surface area (Å²) in [4.78, 5) is 16.7. The zero-order valence-corrected chi connectivity index (χ0v) is 12.7. The predicted octanol–water partition coefficient (Wildman–Crippen LogP) is 3.16. The molecule has 1 aromatic heterocycles. The van der Waals surface area contributed by atoms with E-state index in [0.717, 1.165) is 34.6 Å². The topological polar surface area (TPSA) is 51.2 Å². The number of nitrogens with zero attached hydrogens (tertiary/aromatic N) is 1. The molecule has 22 heavy (non-hydrogen) atoms. The van der Waals surface area contributed by atoms with Gasteiger partial charge in [-0.3, -0.25) is 4.79 Å². The van der Waals surface area contributed by atoms with Crippen LogP contribution >= 0.6 is 11.3 Å². The lowest BCUT2D eigenvalue weighted by molar-refractivity contribution is 0.0952. The van der Waals surface area contributed by atoms with E-state index in [4.69, 9.17) is 4.74 Å². The maximum absolute atomic E-state index is 12.4. The molecular weight excluding hydrogens is 296 g/mol. The van der Waals surface area contributed by atoms with Gasteiger partial charge < -0.3 is 10.1 Å². The minimum absolute atomic E-state index is 0.0633. The van der Waals surface area contributed by atoms with Crippen LogP contribution in [0.5, 0.6) is 5.75 Å². The average molecular weight is 310 g/mol. The molecule has 2 heterocycles. The summed E-state index contributed by atoms with van der Waals surface area (Å²) in [6, 6.07) is 11.7. The van der Waals surface area contributed by atoms with Gasteiger partial charge in [-0.2, -0.15) is 0 Å². The molecule has 0 atom stereocenters. The number of amides is 1. The Bertz CT molecular complexity index is 857. The number of hydrogen-bond acceptors (Lipinski definition) is 4. The molecule has 4 rings (SSSR count). The van der Waals surface area contributed by atoms with Crippen LogP contribution in [-0.2, 0) is 13.0 Å².